The number of hydrogen-bond acceptors (Lipinski definition) is 6. The van der Waals surface area contributed by atoms with Gasteiger partial charge in [-0.05, 0) is 48.0 Å². The molecule has 0 aliphatic carbocycles. The number of phenols is 1. The molecule has 150 valence electrons. The van der Waals surface area contributed by atoms with Gasteiger partial charge >= 0.3 is 0 Å². The van der Waals surface area contributed by atoms with Crippen LogP contribution >= 0.6 is 0 Å². The van der Waals surface area contributed by atoms with Crippen molar-refractivity contribution in [2.24, 2.45) is 7.05 Å². The van der Waals surface area contributed by atoms with Gasteiger partial charge in [-0.15, -0.1) is 0 Å². The molecule has 0 saturated heterocycles. The van der Waals surface area contributed by atoms with E-state index in [0.717, 1.165) is 5.82 Å². The summed E-state index contributed by atoms with van der Waals surface area (Å²) in [7, 11) is 4.80. The minimum Gasteiger partial charge on any atom is -0.502 e. The Hall–Kier alpha value is -3.74. The number of ether oxygens (including phenoxy) is 3. The summed E-state index contributed by atoms with van der Waals surface area (Å²) >= 11 is 0. The van der Waals surface area contributed by atoms with E-state index in [1.807, 2.05) is 17.8 Å². The monoisotopic (exact) mass is 394 g/mol. The first-order valence-corrected chi connectivity index (χ1v) is 8.88. The van der Waals surface area contributed by atoms with Gasteiger partial charge in [-0.25, -0.2) is 4.98 Å². The van der Waals surface area contributed by atoms with E-state index in [0.29, 0.717) is 23.5 Å². The van der Waals surface area contributed by atoms with Crippen molar-refractivity contribution in [1.29, 1.82) is 0 Å². The molecule has 0 radical (unpaired) electrons. The molecule has 2 aromatic carbocycles. The van der Waals surface area contributed by atoms with Crippen molar-refractivity contribution in [3.8, 4) is 23.0 Å². The average molecular weight is 394 g/mol. The molecule has 1 N–H and O–H groups in total. The Morgan fingerprint density at radius 3 is 2.34 bits per heavy atom. The summed E-state index contributed by atoms with van der Waals surface area (Å²) in [4.78, 5) is 16.6. The number of aryl methyl sites for hydroxylation is 1. The molecular formula is C22H22N2O5. The smallest absolute Gasteiger partial charge is 0.200 e. The van der Waals surface area contributed by atoms with E-state index in [4.69, 9.17) is 14.2 Å². The Balaban J connectivity index is 1.67. The van der Waals surface area contributed by atoms with Crippen molar-refractivity contribution in [3.63, 3.8) is 0 Å². The number of imidazole rings is 1. The third-order valence-corrected chi connectivity index (χ3v) is 4.36. The summed E-state index contributed by atoms with van der Waals surface area (Å²) in [6.07, 6.45) is 6.66. The lowest BCUT2D eigenvalue weighted by molar-refractivity contribution is 0.104. The van der Waals surface area contributed by atoms with Crippen LogP contribution in [-0.2, 0) is 13.7 Å². The second-order valence-corrected chi connectivity index (χ2v) is 6.24. The Morgan fingerprint density at radius 1 is 1.14 bits per heavy atom. The number of rotatable bonds is 8. The summed E-state index contributed by atoms with van der Waals surface area (Å²) in [6.45, 7) is 0.348. The number of carbonyl (C=O) groups is 1. The van der Waals surface area contributed by atoms with Gasteiger partial charge < -0.3 is 23.9 Å². The quantitative estimate of drug-likeness (QED) is 0.464. The predicted molar refractivity (Wildman–Crippen MR) is 109 cm³/mol. The van der Waals surface area contributed by atoms with E-state index < -0.39 is 0 Å². The second-order valence-electron chi connectivity index (χ2n) is 6.24. The van der Waals surface area contributed by atoms with Gasteiger partial charge in [-0.2, -0.15) is 0 Å². The van der Waals surface area contributed by atoms with Crippen LogP contribution in [-0.4, -0.2) is 34.7 Å². The number of nitrogens with zero attached hydrogens (tertiary/aromatic N) is 2. The maximum atomic E-state index is 12.4. The summed E-state index contributed by atoms with van der Waals surface area (Å²) in [5.74, 6) is 1.76. The molecule has 29 heavy (non-hydrogen) atoms. The number of aromatic hydroxyl groups is 1. The molecule has 0 atom stereocenters. The summed E-state index contributed by atoms with van der Waals surface area (Å²) in [6, 6.07) is 10.1. The lowest BCUT2D eigenvalue weighted by atomic mass is 10.1. The zero-order valence-electron chi connectivity index (χ0n) is 16.5. The Kier molecular flexibility index (Phi) is 6.19. The largest absolute Gasteiger partial charge is 0.502 e. The van der Waals surface area contributed by atoms with Gasteiger partial charge in [-0.1, -0.05) is 6.08 Å². The highest BCUT2D eigenvalue weighted by Gasteiger charge is 2.10. The lowest BCUT2D eigenvalue weighted by Gasteiger charge is -2.09. The van der Waals surface area contributed by atoms with Gasteiger partial charge in [0, 0.05) is 25.0 Å². The fourth-order valence-electron chi connectivity index (χ4n) is 2.68. The maximum Gasteiger partial charge on any atom is 0.200 e. The summed E-state index contributed by atoms with van der Waals surface area (Å²) in [5.41, 5.74) is 1.20. The van der Waals surface area contributed by atoms with Crippen molar-refractivity contribution in [2.75, 3.05) is 14.2 Å². The van der Waals surface area contributed by atoms with Crippen molar-refractivity contribution in [3.05, 3.63) is 71.8 Å². The van der Waals surface area contributed by atoms with E-state index in [-0.39, 0.29) is 23.0 Å². The molecule has 0 bridgehead atoms. The predicted octanol–water partition coefficient (Wildman–Crippen LogP) is 3.62. The molecule has 0 amide bonds. The molecule has 7 nitrogen and oxygen atoms in total. The van der Waals surface area contributed by atoms with Gasteiger partial charge in [0.25, 0.3) is 0 Å². The van der Waals surface area contributed by atoms with Crippen LogP contribution < -0.4 is 14.2 Å². The minimum absolute atomic E-state index is 0.0837. The van der Waals surface area contributed by atoms with E-state index in [1.165, 1.54) is 20.3 Å². The van der Waals surface area contributed by atoms with Crippen molar-refractivity contribution in [2.45, 2.75) is 6.61 Å². The topological polar surface area (TPSA) is 82.8 Å². The third kappa shape index (κ3) is 4.76. The van der Waals surface area contributed by atoms with Crippen LogP contribution in [0.2, 0.25) is 0 Å². The van der Waals surface area contributed by atoms with Crippen LogP contribution in [0.25, 0.3) is 6.08 Å². The molecule has 7 heteroatoms. The van der Waals surface area contributed by atoms with Gasteiger partial charge in [0.05, 0.1) is 14.2 Å². The molecular weight excluding hydrogens is 372 g/mol. The number of phenolic OH excluding ortho intramolecular Hbond substituents is 1. The minimum atomic E-state index is -0.161. The SMILES string of the molecule is COc1cc(C=CC(=O)c2ccc(OCc3nccn3C)cc2)cc(OC)c1O. The Labute approximate surface area is 168 Å². The highest BCUT2D eigenvalue weighted by Crippen LogP contribution is 2.37. The number of benzene rings is 2. The number of carbonyl (C=O) groups excluding carboxylic acids is 1. The second kappa shape index (κ2) is 8.97. The van der Waals surface area contributed by atoms with Crippen molar-refractivity contribution >= 4 is 11.9 Å². The molecule has 3 rings (SSSR count). The van der Waals surface area contributed by atoms with Crippen LogP contribution in [0.3, 0.4) is 0 Å². The molecule has 0 unspecified atom stereocenters. The van der Waals surface area contributed by atoms with Gasteiger partial charge in [0.1, 0.15) is 18.2 Å². The van der Waals surface area contributed by atoms with Crippen molar-refractivity contribution < 1.29 is 24.1 Å². The highest BCUT2D eigenvalue weighted by molar-refractivity contribution is 6.06. The molecule has 0 aliphatic heterocycles. The number of allylic oxidation sites excluding steroid dienone is 1. The molecule has 0 aliphatic rings. The van der Waals surface area contributed by atoms with Gasteiger partial charge in [0.15, 0.2) is 17.3 Å². The van der Waals surface area contributed by atoms with E-state index in [1.54, 1.807) is 48.7 Å². The number of methoxy groups -OCH3 is 2. The number of hydrogen-bond donors (Lipinski definition) is 1. The fraction of sp³-hybridized carbons (Fsp3) is 0.182. The van der Waals surface area contributed by atoms with E-state index in [2.05, 4.69) is 4.98 Å². The molecule has 0 spiro atoms. The normalized spacial score (nSPS) is 10.9. The first-order chi connectivity index (χ1) is 14.0. The highest BCUT2D eigenvalue weighted by atomic mass is 16.5. The third-order valence-electron chi connectivity index (χ3n) is 4.36. The fourth-order valence-corrected chi connectivity index (χ4v) is 2.68. The first kappa shape index (κ1) is 20.0. The molecule has 0 saturated carbocycles. The lowest BCUT2D eigenvalue weighted by Crippen LogP contribution is -2.03. The first-order valence-electron chi connectivity index (χ1n) is 8.88. The summed E-state index contributed by atoms with van der Waals surface area (Å²) in [5, 5.41) is 9.96. The molecule has 1 heterocycles. The van der Waals surface area contributed by atoms with Crippen LogP contribution in [0.5, 0.6) is 23.0 Å². The van der Waals surface area contributed by atoms with Gasteiger partial charge in [-0.3, -0.25) is 4.79 Å². The standard InChI is InChI=1S/C22H22N2O5/c1-24-11-10-23-21(24)14-29-17-7-5-16(6-8-17)18(25)9-4-15-12-19(27-2)22(26)20(13-15)28-3/h4-13,26H,14H2,1-3H3. The van der Waals surface area contributed by atoms with Crippen molar-refractivity contribution in [1.82, 2.24) is 9.55 Å². The molecule has 3 aromatic rings. The van der Waals surface area contributed by atoms with E-state index in [9.17, 15) is 9.90 Å². The maximum absolute atomic E-state index is 12.4. The average Bonchev–Trinajstić information content (AvgIpc) is 3.16. The number of aromatic nitrogens is 2. The Bertz CT molecular complexity index is 997. The molecule has 1 aromatic heterocycles. The zero-order valence-corrected chi connectivity index (χ0v) is 16.5. The number of ketones is 1. The van der Waals surface area contributed by atoms with Crippen LogP contribution in [0.4, 0.5) is 0 Å². The zero-order chi connectivity index (χ0) is 20.8. The van der Waals surface area contributed by atoms with Gasteiger partial charge in [0.2, 0.25) is 5.75 Å². The summed E-state index contributed by atoms with van der Waals surface area (Å²) < 4.78 is 17.8. The Morgan fingerprint density at radius 2 is 1.79 bits per heavy atom. The van der Waals surface area contributed by atoms with E-state index >= 15 is 0 Å². The van der Waals surface area contributed by atoms with Crippen LogP contribution in [0, 0.1) is 0 Å². The molecule has 0 fully saturated rings. The van der Waals surface area contributed by atoms with Crippen LogP contribution in [0.1, 0.15) is 21.7 Å². The van der Waals surface area contributed by atoms with Crippen LogP contribution in [0.15, 0.2) is 54.9 Å².